The average molecular weight is 423 g/mol. The smallest absolute Gasteiger partial charge is 0.199 e. The molecule has 0 radical (unpaired) electrons. The summed E-state index contributed by atoms with van der Waals surface area (Å²) < 4.78 is 23.5. The van der Waals surface area contributed by atoms with Gasteiger partial charge in [-0.15, -0.1) is 0 Å². The predicted molar refractivity (Wildman–Crippen MR) is 119 cm³/mol. The minimum absolute atomic E-state index is 0.311. The highest BCUT2D eigenvalue weighted by Crippen LogP contribution is 2.23. The highest BCUT2D eigenvalue weighted by Gasteiger charge is 2.14. The number of methoxy groups -OCH3 is 1. The van der Waals surface area contributed by atoms with Crippen molar-refractivity contribution in [2.45, 2.75) is 13.2 Å². The molecule has 30 heavy (non-hydrogen) atoms. The first-order valence-electron chi connectivity index (χ1n) is 9.60. The lowest BCUT2D eigenvalue weighted by Crippen LogP contribution is -2.22. The molecule has 3 aromatic carbocycles. The molecule has 0 atom stereocenters. The fourth-order valence-electron chi connectivity index (χ4n) is 3.55. The first-order chi connectivity index (χ1) is 14.5. The predicted octanol–water partition coefficient (Wildman–Crippen LogP) is 5.01. The summed E-state index contributed by atoms with van der Waals surface area (Å²) in [5, 5.41) is 6.88. The lowest BCUT2D eigenvalue weighted by Gasteiger charge is -2.17. The van der Waals surface area contributed by atoms with Gasteiger partial charge in [-0.05, 0) is 65.9 Å². The first-order valence-corrected chi connectivity index (χ1v) is 10.0. The van der Waals surface area contributed by atoms with Crippen LogP contribution in [-0.4, -0.2) is 33.4 Å². The fraction of sp³-hybridized carbons (Fsp3) is 0.217. The molecule has 7 heteroatoms. The van der Waals surface area contributed by atoms with E-state index in [0.29, 0.717) is 22.8 Å². The summed E-state index contributed by atoms with van der Waals surface area (Å²) >= 11 is 5.53. The van der Waals surface area contributed by atoms with E-state index in [1.54, 1.807) is 34.6 Å². The van der Waals surface area contributed by atoms with Crippen LogP contribution in [0.5, 0.6) is 5.75 Å². The van der Waals surface area contributed by atoms with Crippen molar-refractivity contribution >= 4 is 23.0 Å². The molecule has 0 aliphatic carbocycles. The highest BCUT2D eigenvalue weighted by molar-refractivity contribution is 7.71. The monoisotopic (exact) mass is 422 g/mol. The topological polar surface area (TPSA) is 35.2 Å². The van der Waals surface area contributed by atoms with Crippen LogP contribution in [0, 0.1) is 10.6 Å². The zero-order chi connectivity index (χ0) is 21.3. The largest absolute Gasteiger partial charge is 0.497 e. The van der Waals surface area contributed by atoms with Crippen LogP contribution in [0.15, 0.2) is 60.7 Å². The van der Waals surface area contributed by atoms with E-state index >= 15 is 0 Å². The Hall–Kier alpha value is -3.03. The van der Waals surface area contributed by atoms with Crippen molar-refractivity contribution in [2.75, 3.05) is 14.2 Å². The zero-order valence-electron chi connectivity index (χ0n) is 17.2. The third-order valence-corrected chi connectivity index (χ3v) is 5.58. The Balaban J connectivity index is 1.54. The molecule has 154 valence electrons. The third kappa shape index (κ3) is 3.99. The maximum absolute atomic E-state index is 14.2. The van der Waals surface area contributed by atoms with E-state index < -0.39 is 0 Å². The molecule has 0 aliphatic rings. The van der Waals surface area contributed by atoms with Gasteiger partial charge in [-0.1, -0.05) is 30.3 Å². The number of benzene rings is 3. The minimum atomic E-state index is -0.311. The maximum atomic E-state index is 14.2. The average Bonchev–Trinajstić information content (AvgIpc) is 3.02. The molecule has 4 rings (SSSR count). The van der Waals surface area contributed by atoms with E-state index in [1.165, 1.54) is 11.6 Å². The van der Waals surface area contributed by atoms with Gasteiger partial charge in [0.25, 0.3) is 0 Å². The normalized spacial score (nSPS) is 11.4. The number of halogens is 1. The van der Waals surface area contributed by atoms with Gasteiger partial charge in [-0.25, -0.2) is 9.07 Å². The number of hydrogen-bond acceptors (Lipinski definition) is 4. The molecule has 1 heterocycles. The lowest BCUT2D eigenvalue weighted by molar-refractivity contribution is 0.244. The Morgan fingerprint density at radius 2 is 1.80 bits per heavy atom. The molecule has 0 amide bonds. The van der Waals surface area contributed by atoms with Gasteiger partial charge in [0.05, 0.1) is 19.3 Å². The van der Waals surface area contributed by atoms with E-state index in [-0.39, 0.29) is 5.82 Å². The summed E-state index contributed by atoms with van der Waals surface area (Å²) in [4.78, 5) is 2.12. The first kappa shape index (κ1) is 20.3. The molecule has 5 nitrogen and oxygen atoms in total. The third-order valence-electron chi connectivity index (χ3n) is 5.10. The Morgan fingerprint density at radius 3 is 2.57 bits per heavy atom. The number of rotatable bonds is 6. The maximum Gasteiger partial charge on any atom is 0.199 e. The quantitative estimate of drug-likeness (QED) is 0.409. The Bertz CT molecular complexity index is 1260. The second kappa shape index (κ2) is 8.38. The van der Waals surface area contributed by atoms with Crippen molar-refractivity contribution in [2.24, 2.45) is 7.05 Å². The molecule has 4 aromatic rings. The van der Waals surface area contributed by atoms with Crippen LogP contribution < -0.4 is 4.74 Å². The van der Waals surface area contributed by atoms with E-state index in [2.05, 4.69) is 34.3 Å². The summed E-state index contributed by atoms with van der Waals surface area (Å²) in [5.41, 5.74) is 1.63. The second-order valence-electron chi connectivity index (χ2n) is 7.35. The molecule has 0 N–H and O–H groups in total. The van der Waals surface area contributed by atoms with Crippen molar-refractivity contribution < 1.29 is 9.13 Å². The molecule has 0 aliphatic heterocycles. The summed E-state index contributed by atoms with van der Waals surface area (Å²) in [5.74, 6) is 1.06. The van der Waals surface area contributed by atoms with E-state index in [9.17, 15) is 4.39 Å². The second-order valence-corrected chi connectivity index (χ2v) is 7.71. The number of fused-ring (bicyclic) bond motifs is 1. The van der Waals surface area contributed by atoms with Crippen LogP contribution in [-0.2, 0) is 20.3 Å². The Labute approximate surface area is 179 Å². The summed E-state index contributed by atoms with van der Waals surface area (Å²) in [6.45, 7) is 1.23. The molecular formula is C23H23FN4OS. The van der Waals surface area contributed by atoms with Crippen LogP contribution >= 0.6 is 12.2 Å². The molecule has 0 bridgehead atoms. The van der Waals surface area contributed by atoms with Gasteiger partial charge >= 0.3 is 0 Å². The minimum Gasteiger partial charge on any atom is -0.497 e. The van der Waals surface area contributed by atoms with Crippen molar-refractivity contribution in [3.05, 3.63) is 76.8 Å². The summed E-state index contributed by atoms with van der Waals surface area (Å²) in [7, 11) is 5.49. The van der Waals surface area contributed by atoms with Crippen molar-refractivity contribution in [3.8, 4) is 17.1 Å². The molecule has 0 unspecified atom stereocenters. The van der Waals surface area contributed by atoms with Crippen LogP contribution in [0.4, 0.5) is 4.39 Å². The molecule has 0 fully saturated rings. The van der Waals surface area contributed by atoms with Crippen LogP contribution in [0.25, 0.3) is 22.2 Å². The Kier molecular flexibility index (Phi) is 5.65. The van der Waals surface area contributed by atoms with Crippen LogP contribution in [0.2, 0.25) is 0 Å². The van der Waals surface area contributed by atoms with Gasteiger partial charge in [0, 0.05) is 13.6 Å². The van der Waals surface area contributed by atoms with E-state index in [1.807, 2.05) is 26.2 Å². The molecule has 1 aromatic heterocycles. The van der Waals surface area contributed by atoms with Crippen molar-refractivity contribution in [3.63, 3.8) is 0 Å². The summed E-state index contributed by atoms with van der Waals surface area (Å²) in [6.07, 6.45) is 0. The standard InChI is InChI=1S/C23H23FN4OS/c1-26(14-16-8-9-18-13-19(29-3)11-10-17(18)12-16)15-28-23(30)27(2)22(25-28)20-6-4-5-7-21(20)24/h4-13H,14-15H2,1-3H3. The van der Waals surface area contributed by atoms with Crippen molar-refractivity contribution in [1.29, 1.82) is 0 Å². The Morgan fingerprint density at radius 1 is 1.07 bits per heavy atom. The SMILES string of the molecule is COc1ccc2cc(CN(C)Cn3nc(-c4ccccc4F)n(C)c3=S)ccc2c1. The van der Waals surface area contributed by atoms with E-state index in [0.717, 1.165) is 23.1 Å². The number of aromatic nitrogens is 3. The van der Waals surface area contributed by atoms with Gasteiger partial charge in [-0.3, -0.25) is 4.90 Å². The van der Waals surface area contributed by atoms with Gasteiger partial charge in [0.15, 0.2) is 10.6 Å². The van der Waals surface area contributed by atoms with Gasteiger partial charge in [0.2, 0.25) is 0 Å². The molecule has 0 spiro atoms. The lowest BCUT2D eigenvalue weighted by atomic mass is 10.1. The summed E-state index contributed by atoms with van der Waals surface area (Å²) in [6, 6.07) is 19.0. The molecular weight excluding hydrogens is 399 g/mol. The fourth-order valence-corrected chi connectivity index (χ4v) is 3.73. The van der Waals surface area contributed by atoms with Gasteiger partial charge in [-0.2, -0.15) is 5.10 Å². The van der Waals surface area contributed by atoms with Crippen molar-refractivity contribution in [1.82, 2.24) is 19.2 Å². The molecule has 0 saturated heterocycles. The van der Waals surface area contributed by atoms with Crippen LogP contribution in [0.1, 0.15) is 5.56 Å². The highest BCUT2D eigenvalue weighted by atomic mass is 32.1. The number of ether oxygens (including phenoxy) is 1. The number of nitrogens with zero attached hydrogens (tertiary/aromatic N) is 4. The molecule has 0 saturated carbocycles. The number of hydrogen-bond donors (Lipinski definition) is 0. The van der Waals surface area contributed by atoms with E-state index in [4.69, 9.17) is 17.0 Å². The van der Waals surface area contributed by atoms with Crippen LogP contribution in [0.3, 0.4) is 0 Å². The zero-order valence-corrected chi connectivity index (χ0v) is 18.0. The van der Waals surface area contributed by atoms with Gasteiger partial charge in [0.1, 0.15) is 11.6 Å². The van der Waals surface area contributed by atoms with Gasteiger partial charge < -0.3 is 9.30 Å².